The molecule has 1 atom stereocenters. The number of hydrogen-bond acceptors (Lipinski definition) is 2. The van der Waals surface area contributed by atoms with E-state index in [0.29, 0.717) is 6.04 Å². The molecular formula is C13H21N3. The summed E-state index contributed by atoms with van der Waals surface area (Å²) < 4.78 is 2.20. The molecule has 1 aliphatic carbocycles. The third-order valence-corrected chi connectivity index (χ3v) is 3.91. The van der Waals surface area contributed by atoms with Gasteiger partial charge in [0.2, 0.25) is 0 Å². The zero-order valence-corrected chi connectivity index (χ0v) is 10.0. The van der Waals surface area contributed by atoms with E-state index in [1.807, 2.05) is 0 Å². The van der Waals surface area contributed by atoms with Crippen LogP contribution in [0.3, 0.4) is 0 Å². The van der Waals surface area contributed by atoms with Crippen molar-refractivity contribution in [2.24, 2.45) is 7.05 Å². The largest absolute Gasteiger partial charge is 0.353 e. The van der Waals surface area contributed by atoms with Crippen LogP contribution in [-0.2, 0) is 13.6 Å². The maximum atomic E-state index is 3.67. The van der Waals surface area contributed by atoms with Crippen molar-refractivity contribution in [2.75, 3.05) is 13.1 Å². The highest BCUT2D eigenvalue weighted by molar-refractivity contribution is 5.06. The van der Waals surface area contributed by atoms with Crippen LogP contribution in [0, 0.1) is 0 Å². The van der Waals surface area contributed by atoms with E-state index in [2.05, 4.69) is 40.2 Å². The Labute approximate surface area is 97.4 Å². The molecule has 0 spiro atoms. The van der Waals surface area contributed by atoms with E-state index in [-0.39, 0.29) is 0 Å². The summed E-state index contributed by atoms with van der Waals surface area (Å²) in [4.78, 5) is 2.66. The summed E-state index contributed by atoms with van der Waals surface area (Å²) in [6.45, 7) is 3.57. The van der Waals surface area contributed by atoms with Gasteiger partial charge in [-0.15, -0.1) is 0 Å². The van der Waals surface area contributed by atoms with Crippen LogP contribution in [0.1, 0.15) is 25.0 Å². The fraction of sp³-hybridized carbons (Fsp3) is 0.692. The molecule has 88 valence electrons. The molecule has 16 heavy (non-hydrogen) atoms. The van der Waals surface area contributed by atoms with Crippen molar-refractivity contribution in [3.8, 4) is 0 Å². The summed E-state index contributed by atoms with van der Waals surface area (Å²) in [5.74, 6) is 0. The Balaban J connectivity index is 1.47. The van der Waals surface area contributed by atoms with Crippen molar-refractivity contribution in [2.45, 2.75) is 37.9 Å². The van der Waals surface area contributed by atoms with Crippen molar-refractivity contribution in [3.05, 3.63) is 24.0 Å². The van der Waals surface area contributed by atoms with Gasteiger partial charge in [-0.1, -0.05) is 0 Å². The fourth-order valence-corrected chi connectivity index (χ4v) is 2.65. The molecule has 1 saturated carbocycles. The molecule has 0 aromatic carbocycles. The van der Waals surface area contributed by atoms with Crippen LogP contribution >= 0.6 is 0 Å². The van der Waals surface area contributed by atoms with Crippen LogP contribution in [0.15, 0.2) is 18.3 Å². The standard InChI is InChI=1S/C13H21N3/c1-15-7-2-3-13(15)9-14-11-6-8-16(10-11)12-4-5-12/h2-3,7,11-12,14H,4-6,8-10H2,1H3. The first-order valence-corrected chi connectivity index (χ1v) is 6.40. The van der Waals surface area contributed by atoms with Crippen LogP contribution in [0.25, 0.3) is 0 Å². The maximum Gasteiger partial charge on any atom is 0.0362 e. The molecule has 2 fully saturated rings. The molecule has 0 bridgehead atoms. The molecule has 2 heterocycles. The van der Waals surface area contributed by atoms with Crippen LogP contribution in [0.5, 0.6) is 0 Å². The van der Waals surface area contributed by atoms with Gasteiger partial charge in [0, 0.05) is 50.7 Å². The van der Waals surface area contributed by atoms with Gasteiger partial charge in [0.15, 0.2) is 0 Å². The summed E-state index contributed by atoms with van der Waals surface area (Å²) in [6, 6.07) is 5.94. The number of aryl methyl sites for hydroxylation is 1. The number of hydrogen-bond donors (Lipinski definition) is 1. The number of nitrogens with zero attached hydrogens (tertiary/aromatic N) is 2. The van der Waals surface area contributed by atoms with Crippen molar-refractivity contribution in [1.82, 2.24) is 14.8 Å². The minimum Gasteiger partial charge on any atom is -0.353 e. The molecule has 0 amide bonds. The second-order valence-electron chi connectivity index (χ2n) is 5.20. The van der Waals surface area contributed by atoms with Crippen LogP contribution < -0.4 is 5.32 Å². The average molecular weight is 219 g/mol. The lowest BCUT2D eigenvalue weighted by Gasteiger charge is -2.16. The minimum atomic E-state index is 0.704. The Morgan fingerprint density at radius 3 is 2.94 bits per heavy atom. The first-order chi connectivity index (χ1) is 7.83. The molecule has 3 rings (SSSR count). The van der Waals surface area contributed by atoms with Gasteiger partial charge in [0.1, 0.15) is 0 Å². The predicted octanol–water partition coefficient (Wildman–Crippen LogP) is 1.35. The Kier molecular flexibility index (Phi) is 2.74. The third kappa shape index (κ3) is 2.15. The van der Waals surface area contributed by atoms with E-state index in [1.54, 1.807) is 0 Å². The zero-order chi connectivity index (χ0) is 11.0. The quantitative estimate of drug-likeness (QED) is 0.825. The van der Waals surface area contributed by atoms with E-state index in [1.165, 1.54) is 38.0 Å². The topological polar surface area (TPSA) is 20.2 Å². The van der Waals surface area contributed by atoms with Gasteiger partial charge in [-0.3, -0.25) is 4.90 Å². The first-order valence-electron chi connectivity index (χ1n) is 6.40. The third-order valence-electron chi connectivity index (χ3n) is 3.91. The molecular weight excluding hydrogens is 198 g/mol. The van der Waals surface area contributed by atoms with Crippen molar-refractivity contribution >= 4 is 0 Å². The van der Waals surface area contributed by atoms with Gasteiger partial charge in [-0.25, -0.2) is 0 Å². The Morgan fingerprint density at radius 2 is 2.25 bits per heavy atom. The van der Waals surface area contributed by atoms with Gasteiger partial charge < -0.3 is 9.88 Å². The Morgan fingerprint density at radius 1 is 1.38 bits per heavy atom. The Hall–Kier alpha value is -0.800. The second-order valence-corrected chi connectivity index (χ2v) is 5.20. The van der Waals surface area contributed by atoms with Crippen LogP contribution in [0.2, 0.25) is 0 Å². The summed E-state index contributed by atoms with van der Waals surface area (Å²) in [5.41, 5.74) is 1.38. The van der Waals surface area contributed by atoms with Crippen LogP contribution in [-0.4, -0.2) is 34.6 Å². The predicted molar refractivity (Wildman–Crippen MR) is 65.3 cm³/mol. The van der Waals surface area contributed by atoms with Crippen LogP contribution in [0.4, 0.5) is 0 Å². The average Bonchev–Trinajstić information content (AvgIpc) is 2.89. The van der Waals surface area contributed by atoms with E-state index < -0.39 is 0 Å². The first kappa shape index (κ1) is 10.4. The SMILES string of the molecule is Cn1cccc1CNC1CCN(C2CC2)C1. The zero-order valence-electron chi connectivity index (χ0n) is 10.0. The maximum absolute atomic E-state index is 3.67. The van der Waals surface area contributed by atoms with Gasteiger partial charge in [-0.2, -0.15) is 0 Å². The number of likely N-dealkylation sites (tertiary alicyclic amines) is 1. The van der Waals surface area contributed by atoms with Gasteiger partial charge in [0.25, 0.3) is 0 Å². The monoisotopic (exact) mass is 219 g/mol. The van der Waals surface area contributed by atoms with E-state index in [4.69, 9.17) is 0 Å². The minimum absolute atomic E-state index is 0.704. The molecule has 1 aromatic rings. The summed E-state index contributed by atoms with van der Waals surface area (Å²) in [5, 5.41) is 3.67. The smallest absolute Gasteiger partial charge is 0.0362 e. The summed E-state index contributed by atoms with van der Waals surface area (Å²) in [7, 11) is 2.11. The van der Waals surface area contributed by atoms with E-state index >= 15 is 0 Å². The molecule has 2 aliphatic rings. The number of nitrogens with one attached hydrogen (secondary N) is 1. The molecule has 3 nitrogen and oxygen atoms in total. The molecule has 1 N–H and O–H groups in total. The lowest BCUT2D eigenvalue weighted by Crippen LogP contribution is -2.33. The fourth-order valence-electron chi connectivity index (χ4n) is 2.65. The second kappa shape index (κ2) is 4.22. The van der Waals surface area contributed by atoms with Crippen molar-refractivity contribution in [1.29, 1.82) is 0 Å². The number of rotatable bonds is 4. The molecule has 3 heteroatoms. The Bertz CT molecular complexity index is 354. The molecule has 1 aromatic heterocycles. The van der Waals surface area contributed by atoms with Crippen molar-refractivity contribution in [3.63, 3.8) is 0 Å². The lowest BCUT2D eigenvalue weighted by atomic mass is 10.2. The normalized spacial score (nSPS) is 26.4. The highest BCUT2D eigenvalue weighted by Gasteiger charge is 2.33. The van der Waals surface area contributed by atoms with E-state index in [0.717, 1.165) is 12.6 Å². The molecule has 0 radical (unpaired) electrons. The van der Waals surface area contributed by atoms with Gasteiger partial charge in [0.05, 0.1) is 0 Å². The summed E-state index contributed by atoms with van der Waals surface area (Å²) in [6.07, 6.45) is 6.30. The lowest BCUT2D eigenvalue weighted by molar-refractivity contribution is 0.317. The van der Waals surface area contributed by atoms with Crippen molar-refractivity contribution < 1.29 is 0 Å². The van der Waals surface area contributed by atoms with Gasteiger partial charge >= 0.3 is 0 Å². The highest BCUT2D eigenvalue weighted by atomic mass is 15.2. The molecule has 1 saturated heterocycles. The van der Waals surface area contributed by atoms with Gasteiger partial charge in [-0.05, 0) is 31.4 Å². The summed E-state index contributed by atoms with van der Waals surface area (Å²) >= 11 is 0. The number of aromatic nitrogens is 1. The molecule has 1 unspecified atom stereocenters. The highest BCUT2D eigenvalue weighted by Crippen LogP contribution is 2.29. The van der Waals surface area contributed by atoms with E-state index in [9.17, 15) is 0 Å². The molecule has 1 aliphatic heterocycles.